The van der Waals surface area contributed by atoms with Crippen molar-refractivity contribution in [2.45, 2.75) is 31.3 Å². The largest absolute Gasteiger partial charge is 0.379 e. The van der Waals surface area contributed by atoms with Crippen LogP contribution in [0.4, 0.5) is 5.69 Å². The molecule has 0 bridgehead atoms. The van der Waals surface area contributed by atoms with Crippen LogP contribution in [-0.4, -0.2) is 31.6 Å². The number of anilines is 1. The van der Waals surface area contributed by atoms with E-state index in [0.29, 0.717) is 12.1 Å². The van der Waals surface area contributed by atoms with Gasteiger partial charge in [0.25, 0.3) is 0 Å². The normalized spacial score (nSPS) is 23.6. The van der Waals surface area contributed by atoms with Crippen LogP contribution in [0.25, 0.3) is 0 Å². The lowest BCUT2D eigenvalue weighted by Gasteiger charge is -2.31. The fourth-order valence-corrected chi connectivity index (χ4v) is 2.61. The summed E-state index contributed by atoms with van der Waals surface area (Å²) in [7, 11) is 0. The summed E-state index contributed by atoms with van der Waals surface area (Å²) < 4.78 is 5.48. The molecule has 1 aromatic carbocycles. The zero-order valence-electron chi connectivity index (χ0n) is 9.84. The summed E-state index contributed by atoms with van der Waals surface area (Å²) in [5.41, 5.74) is 1.88. The molecule has 1 aliphatic heterocycles. The van der Waals surface area contributed by atoms with E-state index < -0.39 is 0 Å². The highest BCUT2D eigenvalue weighted by molar-refractivity contribution is 5.85. The Kier molecular flexibility index (Phi) is 2.85. The number of hydrogen-bond acceptors (Lipinski definition) is 3. The minimum atomic E-state index is 0.448. The minimum absolute atomic E-state index is 0.448. The Labute approximate surface area is 101 Å². The topological polar surface area (TPSA) is 29.5 Å². The van der Waals surface area contributed by atoms with E-state index in [1.165, 1.54) is 12.8 Å². The second-order valence-corrected chi connectivity index (χ2v) is 4.83. The maximum atomic E-state index is 11.1. The van der Waals surface area contributed by atoms with Crippen molar-refractivity contribution in [1.29, 1.82) is 0 Å². The van der Waals surface area contributed by atoms with Crippen LogP contribution in [-0.2, 0) is 4.74 Å². The molecule has 1 heterocycles. The lowest BCUT2D eigenvalue weighted by atomic mass is 10.1. The van der Waals surface area contributed by atoms with E-state index in [2.05, 4.69) is 11.0 Å². The number of benzene rings is 1. The van der Waals surface area contributed by atoms with Gasteiger partial charge in [-0.05, 0) is 31.4 Å². The van der Waals surface area contributed by atoms with Gasteiger partial charge < -0.3 is 9.64 Å². The first-order chi connectivity index (χ1) is 8.40. The van der Waals surface area contributed by atoms with Crippen molar-refractivity contribution in [2.24, 2.45) is 0 Å². The lowest BCUT2D eigenvalue weighted by Crippen LogP contribution is -2.38. The highest BCUT2D eigenvalue weighted by Crippen LogP contribution is 2.36. The van der Waals surface area contributed by atoms with Crippen LogP contribution in [0.15, 0.2) is 24.3 Å². The van der Waals surface area contributed by atoms with E-state index in [1.54, 1.807) is 0 Å². The summed E-state index contributed by atoms with van der Waals surface area (Å²) in [6, 6.07) is 8.94. The summed E-state index contributed by atoms with van der Waals surface area (Å²) in [5, 5.41) is 0. The van der Waals surface area contributed by atoms with Crippen molar-refractivity contribution in [3.05, 3.63) is 29.8 Å². The van der Waals surface area contributed by atoms with Crippen LogP contribution < -0.4 is 4.90 Å². The Balaban J connectivity index is 1.94. The molecule has 2 aliphatic rings. The van der Waals surface area contributed by atoms with Crippen LogP contribution in [0, 0.1) is 0 Å². The summed E-state index contributed by atoms with van der Waals surface area (Å²) >= 11 is 0. The molecule has 1 atom stereocenters. The number of ether oxygens (including phenoxy) is 1. The van der Waals surface area contributed by atoms with Crippen molar-refractivity contribution < 1.29 is 9.53 Å². The van der Waals surface area contributed by atoms with Gasteiger partial charge >= 0.3 is 0 Å². The molecule has 3 heteroatoms. The van der Waals surface area contributed by atoms with Crippen molar-refractivity contribution in [2.75, 3.05) is 18.1 Å². The number of aldehydes is 1. The maximum absolute atomic E-state index is 11.1. The molecular weight excluding hydrogens is 214 g/mol. The van der Waals surface area contributed by atoms with E-state index in [9.17, 15) is 4.79 Å². The van der Waals surface area contributed by atoms with Gasteiger partial charge in [0, 0.05) is 23.9 Å². The SMILES string of the molecule is O=Cc1ccccc1N(C1CC1)C1CCOC1. The molecule has 3 nitrogen and oxygen atoms in total. The molecule has 90 valence electrons. The molecule has 1 saturated heterocycles. The second-order valence-electron chi connectivity index (χ2n) is 4.83. The predicted octanol–water partition coefficient (Wildman–Crippen LogP) is 2.26. The third-order valence-corrected chi connectivity index (χ3v) is 3.58. The van der Waals surface area contributed by atoms with Crippen LogP contribution in [0.2, 0.25) is 0 Å². The molecule has 0 spiro atoms. The molecule has 0 radical (unpaired) electrons. The molecule has 0 aromatic heterocycles. The molecule has 1 aliphatic carbocycles. The number of para-hydroxylation sites is 1. The Hall–Kier alpha value is -1.35. The molecular formula is C14H17NO2. The van der Waals surface area contributed by atoms with Gasteiger partial charge in [-0.2, -0.15) is 0 Å². The molecule has 1 saturated carbocycles. The maximum Gasteiger partial charge on any atom is 0.152 e. The molecule has 1 aromatic rings. The average Bonchev–Trinajstić information content (AvgIpc) is 3.05. The first-order valence-electron chi connectivity index (χ1n) is 6.30. The van der Waals surface area contributed by atoms with E-state index >= 15 is 0 Å². The summed E-state index contributed by atoms with van der Waals surface area (Å²) in [6.45, 7) is 1.64. The number of hydrogen-bond donors (Lipinski definition) is 0. The summed E-state index contributed by atoms with van der Waals surface area (Å²) in [5.74, 6) is 0. The van der Waals surface area contributed by atoms with Crippen molar-refractivity contribution >= 4 is 12.0 Å². The Bertz CT molecular complexity index is 408. The highest BCUT2D eigenvalue weighted by atomic mass is 16.5. The third kappa shape index (κ3) is 2.07. The van der Waals surface area contributed by atoms with Crippen LogP contribution in [0.5, 0.6) is 0 Å². The lowest BCUT2D eigenvalue weighted by molar-refractivity contribution is 0.112. The molecule has 3 rings (SSSR count). The molecule has 17 heavy (non-hydrogen) atoms. The van der Waals surface area contributed by atoms with Crippen LogP contribution >= 0.6 is 0 Å². The Morgan fingerprint density at radius 1 is 1.18 bits per heavy atom. The van der Waals surface area contributed by atoms with Crippen LogP contribution in [0.3, 0.4) is 0 Å². The molecule has 0 amide bonds. The quantitative estimate of drug-likeness (QED) is 0.744. The fraction of sp³-hybridized carbons (Fsp3) is 0.500. The zero-order valence-corrected chi connectivity index (χ0v) is 9.84. The smallest absolute Gasteiger partial charge is 0.152 e. The van der Waals surface area contributed by atoms with Gasteiger partial charge in [0.05, 0.1) is 12.6 Å². The first-order valence-corrected chi connectivity index (χ1v) is 6.30. The third-order valence-electron chi connectivity index (χ3n) is 3.58. The highest BCUT2D eigenvalue weighted by Gasteiger charge is 2.36. The summed E-state index contributed by atoms with van der Waals surface area (Å²) in [4.78, 5) is 13.5. The van der Waals surface area contributed by atoms with Crippen LogP contribution in [0.1, 0.15) is 29.6 Å². The fourth-order valence-electron chi connectivity index (χ4n) is 2.61. The molecule has 0 N–H and O–H groups in total. The predicted molar refractivity (Wildman–Crippen MR) is 66.6 cm³/mol. The van der Waals surface area contributed by atoms with E-state index in [4.69, 9.17) is 4.74 Å². The summed E-state index contributed by atoms with van der Waals surface area (Å²) in [6.07, 6.45) is 4.51. The van der Waals surface area contributed by atoms with Gasteiger partial charge in [-0.3, -0.25) is 4.79 Å². The van der Waals surface area contributed by atoms with E-state index in [0.717, 1.165) is 37.2 Å². The Morgan fingerprint density at radius 2 is 2.00 bits per heavy atom. The number of nitrogens with zero attached hydrogens (tertiary/aromatic N) is 1. The van der Waals surface area contributed by atoms with Gasteiger partial charge in [0.1, 0.15) is 0 Å². The number of carbonyl (C=O) groups excluding carboxylic acids is 1. The Morgan fingerprint density at radius 3 is 2.65 bits per heavy atom. The monoisotopic (exact) mass is 231 g/mol. The number of carbonyl (C=O) groups is 1. The van der Waals surface area contributed by atoms with Gasteiger partial charge in [0.15, 0.2) is 6.29 Å². The average molecular weight is 231 g/mol. The molecule has 2 fully saturated rings. The second kappa shape index (κ2) is 4.49. The van der Waals surface area contributed by atoms with E-state index in [1.807, 2.05) is 18.2 Å². The standard InChI is InChI=1S/C14H17NO2/c16-9-11-3-1-2-4-14(11)15(12-5-6-12)13-7-8-17-10-13/h1-4,9,12-13H,5-8,10H2. The zero-order chi connectivity index (χ0) is 11.7. The number of rotatable bonds is 4. The van der Waals surface area contributed by atoms with E-state index in [-0.39, 0.29) is 0 Å². The first kappa shape index (κ1) is 10.8. The van der Waals surface area contributed by atoms with Crippen molar-refractivity contribution in [3.8, 4) is 0 Å². The van der Waals surface area contributed by atoms with Gasteiger partial charge in [-0.15, -0.1) is 0 Å². The molecule has 1 unspecified atom stereocenters. The van der Waals surface area contributed by atoms with Gasteiger partial charge in [-0.1, -0.05) is 12.1 Å². The van der Waals surface area contributed by atoms with Crippen molar-refractivity contribution in [1.82, 2.24) is 0 Å². The van der Waals surface area contributed by atoms with Crippen molar-refractivity contribution in [3.63, 3.8) is 0 Å². The minimum Gasteiger partial charge on any atom is -0.379 e. The van der Waals surface area contributed by atoms with Gasteiger partial charge in [-0.25, -0.2) is 0 Å². The van der Waals surface area contributed by atoms with Gasteiger partial charge in [0.2, 0.25) is 0 Å².